The minimum atomic E-state index is -0.121. The molecule has 0 aromatic carbocycles. The molecule has 4 N–H and O–H groups in total. The molecule has 4 nitrogen and oxygen atoms in total. The molecule has 0 fully saturated rings. The maximum Gasteiger partial charge on any atom is 0.0656 e. The Balaban J connectivity index is 3.89. The van der Waals surface area contributed by atoms with Gasteiger partial charge in [-0.15, -0.1) is 0 Å². The molecule has 0 saturated heterocycles. The number of nitrogens with one attached hydrogen (secondary N) is 1. The molecule has 1 atom stereocenters. The van der Waals surface area contributed by atoms with Crippen molar-refractivity contribution in [2.24, 2.45) is 5.73 Å². The van der Waals surface area contributed by atoms with Crippen LogP contribution in [0.4, 0.5) is 0 Å². The topological polar surface area (TPSA) is 67.5 Å². The minimum Gasteiger partial charge on any atom is -0.396 e. The zero-order valence-corrected chi connectivity index (χ0v) is 8.68. The second-order valence-corrected chi connectivity index (χ2v) is 3.27. The number of hydrogen-bond acceptors (Lipinski definition) is 4. The van der Waals surface area contributed by atoms with Gasteiger partial charge in [0.25, 0.3) is 0 Å². The molecule has 13 heavy (non-hydrogen) atoms. The van der Waals surface area contributed by atoms with Crippen LogP contribution in [0.5, 0.6) is 0 Å². The van der Waals surface area contributed by atoms with Crippen molar-refractivity contribution in [1.82, 2.24) is 5.32 Å². The molecule has 0 aromatic heterocycles. The van der Waals surface area contributed by atoms with Crippen molar-refractivity contribution in [3.05, 3.63) is 0 Å². The molecule has 0 heterocycles. The van der Waals surface area contributed by atoms with Crippen LogP contribution in [0.2, 0.25) is 0 Å². The van der Waals surface area contributed by atoms with E-state index in [2.05, 4.69) is 12.2 Å². The molecule has 1 unspecified atom stereocenters. The van der Waals surface area contributed by atoms with E-state index in [4.69, 9.17) is 15.6 Å². The number of hydrogen-bond donors (Lipinski definition) is 3. The van der Waals surface area contributed by atoms with Gasteiger partial charge in [-0.05, 0) is 19.4 Å². The molecule has 0 aliphatic heterocycles. The average Bonchev–Trinajstić information content (AvgIpc) is 2.17. The summed E-state index contributed by atoms with van der Waals surface area (Å²) in [6.45, 7) is 4.25. The average molecular weight is 190 g/mol. The van der Waals surface area contributed by atoms with Crippen LogP contribution in [-0.4, -0.2) is 44.1 Å². The lowest BCUT2D eigenvalue weighted by Crippen LogP contribution is -2.54. The molecule has 4 heteroatoms. The minimum absolute atomic E-state index is 0.121. The van der Waals surface area contributed by atoms with E-state index in [1.807, 2.05) is 0 Å². The van der Waals surface area contributed by atoms with Crippen LogP contribution in [0.25, 0.3) is 0 Å². The summed E-state index contributed by atoms with van der Waals surface area (Å²) in [6.07, 6.45) is 1.69. The highest BCUT2D eigenvalue weighted by molar-refractivity contribution is 4.87. The van der Waals surface area contributed by atoms with E-state index in [1.54, 1.807) is 7.11 Å². The number of rotatable bonds is 8. The highest BCUT2D eigenvalue weighted by atomic mass is 16.5. The highest BCUT2D eigenvalue weighted by Gasteiger charge is 2.25. The largest absolute Gasteiger partial charge is 0.396 e. The molecule has 0 bridgehead atoms. The summed E-state index contributed by atoms with van der Waals surface area (Å²) in [4.78, 5) is 0. The van der Waals surface area contributed by atoms with Gasteiger partial charge < -0.3 is 20.9 Å². The maximum atomic E-state index is 8.64. The van der Waals surface area contributed by atoms with Gasteiger partial charge in [0.2, 0.25) is 0 Å². The van der Waals surface area contributed by atoms with E-state index in [1.165, 1.54) is 0 Å². The van der Waals surface area contributed by atoms with E-state index >= 15 is 0 Å². The Morgan fingerprint density at radius 1 is 1.54 bits per heavy atom. The molecular weight excluding hydrogens is 168 g/mol. The van der Waals surface area contributed by atoms with Gasteiger partial charge in [-0.3, -0.25) is 0 Å². The molecule has 0 rings (SSSR count). The third kappa shape index (κ3) is 4.57. The summed E-state index contributed by atoms with van der Waals surface area (Å²) in [5, 5.41) is 12.0. The lowest BCUT2D eigenvalue weighted by Gasteiger charge is -2.32. The fraction of sp³-hybridized carbons (Fsp3) is 1.00. The van der Waals surface area contributed by atoms with Gasteiger partial charge in [-0.1, -0.05) is 6.92 Å². The van der Waals surface area contributed by atoms with E-state index in [-0.39, 0.29) is 12.1 Å². The van der Waals surface area contributed by atoms with Gasteiger partial charge in [0, 0.05) is 20.3 Å². The van der Waals surface area contributed by atoms with Gasteiger partial charge in [0.15, 0.2) is 0 Å². The second kappa shape index (κ2) is 7.26. The Labute approximate surface area is 80.5 Å². The smallest absolute Gasteiger partial charge is 0.0656 e. The van der Waals surface area contributed by atoms with Crippen LogP contribution in [0, 0.1) is 0 Å². The van der Waals surface area contributed by atoms with Crippen molar-refractivity contribution in [2.75, 3.05) is 33.4 Å². The SMILES string of the molecule is CCC(CN)(COC)NCCCO. The summed E-state index contributed by atoms with van der Waals surface area (Å²) in [5.74, 6) is 0. The first kappa shape index (κ1) is 12.8. The number of ether oxygens (including phenoxy) is 1. The first-order valence-electron chi connectivity index (χ1n) is 4.79. The molecule has 80 valence electrons. The first-order chi connectivity index (χ1) is 6.24. The van der Waals surface area contributed by atoms with E-state index in [0.717, 1.165) is 19.4 Å². The monoisotopic (exact) mass is 190 g/mol. The van der Waals surface area contributed by atoms with Gasteiger partial charge >= 0.3 is 0 Å². The Kier molecular flexibility index (Phi) is 7.17. The molecular formula is C9H22N2O2. The van der Waals surface area contributed by atoms with Crippen molar-refractivity contribution < 1.29 is 9.84 Å². The summed E-state index contributed by atoms with van der Waals surface area (Å²) >= 11 is 0. The van der Waals surface area contributed by atoms with E-state index < -0.39 is 0 Å². The summed E-state index contributed by atoms with van der Waals surface area (Å²) in [7, 11) is 1.67. The molecule has 0 amide bonds. The van der Waals surface area contributed by atoms with Crippen LogP contribution < -0.4 is 11.1 Å². The number of nitrogens with two attached hydrogens (primary N) is 1. The van der Waals surface area contributed by atoms with Crippen LogP contribution >= 0.6 is 0 Å². The fourth-order valence-corrected chi connectivity index (χ4v) is 1.26. The molecule has 0 aliphatic carbocycles. The molecule has 0 spiro atoms. The third-order valence-electron chi connectivity index (χ3n) is 2.32. The van der Waals surface area contributed by atoms with Gasteiger partial charge in [-0.2, -0.15) is 0 Å². The summed E-state index contributed by atoms with van der Waals surface area (Å²) in [5.41, 5.74) is 5.56. The number of aliphatic hydroxyl groups excluding tert-OH is 1. The van der Waals surface area contributed by atoms with Gasteiger partial charge in [0.1, 0.15) is 0 Å². The van der Waals surface area contributed by atoms with Crippen molar-refractivity contribution in [1.29, 1.82) is 0 Å². The van der Waals surface area contributed by atoms with Crippen LogP contribution in [-0.2, 0) is 4.74 Å². The molecule has 0 aliphatic rings. The zero-order chi connectivity index (χ0) is 10.2. The highest BCUT2D eigenvalue weighted by Crippen LogP contribution is 2.08. The predicted molar refractivity (Wildman–Crippen MR) is 53.7 cm³/mol. The maximum absolute atomic E-state index is 8.64. The normalized spacial score (nSPS) is 15.7. The Morgan fingerprint density at radius 3 is 2.62 bits per heavy atom. The zero-order valence-electron chi connectivity index (χ0n) is 8.68. The van der Waals surface area contributed by atoms with Crippen molar-refractivity contribution in [2.45, 2.75) is 25.3 Å². The standard InChI is InChI=1S/C9H22N2O2/c1-3-9(7-10,8-13-2)11-5-4-6-12/h11-12H,3-8,10H2,1-2H3. The molecule has 0 radical (unpaired) electrons. The molecule has 0 saturated carbocycles. The van der Waals surface area contributed by atoms with Crippen molar-refractivity contribution >= 4 is 0 Å². The second-order valence-electron chi connectivity index (χ2n) is 3.27. The van der Waals surface area contributed by atoms with Crippen LogP contribution in [0.3, 0.4) is 0 Å². The number of methoxy groups -OCH3 is 1. The van der Waals surface area contributed by atoms with Gasteiger partial charge in [-0.25, -0.2) is 0 Å². The number of aliphatic hydroxyl groups is 1. The van der Waals surface area contributed by atoms with Crippen LogP contribution in [0.15, 0.2) is 0 Å². The Bertz CT molecular complexity index is 116. The summed E-state index contributed by atoms with van der Waals surface area (Å²) in [6, 6.07) is 0. The van der Waals surface area contributed by atoms with Crippen molar-refractivity contribution in [3.63, 3.8) is 0 Å². The summed E-state index contributed by atoms with van der Waals surface area (Å²) < 4.78 is 5.11. The lowest BCUT2D eigenvalue weighted by atomic mass is 9.97. The lowest BCUT2D eigenvalue weighted by molar-refractivity contribution is 0.108. The van der Waals surface area contributed by atoms with Gasteiger partial charge in [0.05, 0.1) is 12.1 Å². The first-order valence-corrected chi connectivity index (χ1v) is 4.79. The van der Waals surface area contributed by atoms with E-state index in [0.29, 0.717) is 13.2 Å². The van der Waals surface area contributed by atoms with Crippen molar-refractivity contribution in [3.8, 4) is 0 Å². The molecule has 0 aromatic rings. The Hall–Kier alpha value is -0.160. The fourth-order valence-electron chi connectivity index (χ4n) is 1.26. The third-order valence-corrected chi connectivity index (χ3v) is 2.32. The Morgan fingerprint density at radius 2 is 2.23 bits per heavy atom. The quantitative estimate of drug-likeness (QED) is 0.460. The van der Waals surface area contributed by atoms with E-state index in [9.17, 15) is 0 Å². The predicted octanol–water partition coefficient (Wildman–Crippen LogP) is -0.288. The van der Waals surface area contributed by atoms with Crippen LogP contribution in [0.1, 0.15) is 19.8 Å².